The molecule has 0 bridgehead atoms. The fourth-order valence-corrected chi connectivity index (χ4v) is 5.56. The summed E-state index contributed by atoms with van der Waals surface area (Å²) < 4.78 is 7.64. The van der Waals surface area contributed by atoms with Gasteiger partial charge in [-0.1, -0.05) is 29.3 Å². The van der Waals surface area contributed by atoms with Crippen LogP contribution in [-0.2, 0) is 11.3 Å². The second kappa shape index (κ2) is 10.5. The molecule has 1 saturated heterocycles. The Labute approximate surface area is 227 Å². The number of benzene rings is 1. The van der Waals surface area contributed by atoms with Crippen molar-refractivity contribution < 1.29 is 9.53 Å². The van der Waals surface area contributed by atoms with E-state index in [0.29, 0.717) is 28.1 Å². The van der Waals surface area contributed by atoms with Crippen molar-refractivity contribution in [1.82, 2.24) is 19.4 Å². The molecule has 0 spiro atoms. The van der Waals surface area contributed by atoms with E-state index in [2.05, 4.69) is 19.9 Å². The van der Waals surface area contributed by atoms with Gasteiger partial charge < -0.3 is 19.5 Å². The number of pyridine rings is 1. The third kappa shape index (κ3) is 5.70. The lowest BCUT2D eigenvalue weighted by molar-refractivity contribution is 0.0182. The molecule has 1 aromatic rings. The fraction of sp³-hybridized carbons (Fsp3) is 0.481. The number of hydrogen-bond acceptors (Lipinski definition) is 6. The van der Waals surface area contributed by atoms with Crippen LogP contribution in [0.2, 0.25) is 10.0 Å². The molecule has 37 heavy (non-hydrogen) atoms. The Morgan fingerprint density at radius 2 is 1.92 bits per heavy atom. The highest BCUT2D eigenvalue weighted by molar-refractivity contribution is 6.39. The number of anilines is 1. The van der Waals surface area contributed by atoms with Gasteiger partial charge in [-0.3, -0.25) is 0 Å². The molecule has 0 unspecified atom stereocenters. The number of carbonyl (C=O) groups excluding carboxylic acids is 1. The highest BCUT2D eigenvalue weighted by Crippen LogP contribution is 2.42. The molecular weight excluding hydrogens is 511 g/mol. The Kier molecular flexibility index (Phi) is 7.32. The number of halogens is 2. The van der Waals surface area contributed by atoms with Gasteiger partial charge in [-0.05, 0) is 64.2 Å². The molecule has 4 aliphatic rings. The third-order valence-electron chi connectivity index (χ3n) is 6.78. The Morgan fingerprint density at radius 3 is 2.62 bits per heavy atom. The molecule has 0 radical (unpaired) electrons. The largest absolute Gasteiger partial charge is 0.444 e. The van der Waals surface area contributed by atoms with Crippen LogP contribution in [0.3, 0.4) is 0 Å². The summed E-state index contributed by atoms with van der Waals surface area (Å²) in [7, 11) is 0. The second-order valence-corrected chi connectivity index (χ2v) is 11.4. The van der Waals surface area contributed by atoms with Gasteiger partial charge in [0.15, 0.2) is 0 Å². The quantitative estimate of drug-likeness (QED) is 0.455. The molecule has 4 aliphatic heterocycles. The molecule has 0 aliphatic carbocycles. The van der Waals surface area contributed by atoms with E-state index in [-0.39, 0.29) is 6.09 Å². The number of nitrogens with zero attached hydrogens (tertiary/aromatic N) is 5. The monoisotopic (exact) mass is 542 g/mol. The number of hydrogen-bond donors (Lipinski definition) is 1. The predicted molar refractivity (Wildman–Crippen MR) is 146 cm³/mol. The molecule has 0 aromatic heterocycles. The third-order valence-corrected chi connectivity index (χ3v) is 7.41. The zero-order chi connectivity index (χ0) is 26.2. The van der Waals surface area contributed by atoms with Crippen LogP contribution in [0, 0.1) is 5.92 Å². The van der Waals surface area contributed by atoms with Crippen molar-refractivity contribution in [1.29, 1.82) is 0 Å². The lowest BCUT2D eigenvalue weighted by Crippen LogP contribution is -2.41. The van der Waals surface area contributed by atoms with Crippen molar-refractivity contribution in [2.45, 2.75) is 52.2 Å². The predicted octanol–water partition coefficient (Wildman–Crippen LogP) is 5.72. The van der Waals surface area contributed by atoms with Gasteiger partial charge in [-0.15, -0.1) is 0 Å². The van der Waals surface area contributed by atoms with E-state index >= 15 is 0 Å². The molecular formula is C27H32Cl2N6O2. The van der Waals surface area contributed by atoms with Crippen LogP contribution in [0.5, 0.6) is 0 Å². The van der Waals surface area contributed by atoms with Crippen LogP contribution in [0.4, 0.5) is 10.6 Å². The standard InChI is InChI=1S/C27H32Cl2N6O2/c1-27(2,3)37-26(36)34-12-8-17(9-13-34)7-10-31-25-32-16-18-15-19(22-20(28)5-4-6-21(22)29)24-30-11-14-35(24)23(18)33-25/h4-6,15-17,30H,7-14H2,1-3H3. The van der Waals surface area contributed by atoms with Crippen LogP contribution in [0.1, 0.15) is 40.0 Å². The maximum atomic E-state index is 12.3. The van der Waals surface area contributed by atoms with Crippen molar-refractivity contribution >= 4 is 35.1 Å². The summed E-state index contributed by atoms with van der Waals surface area (Å²) >= 11 is 13.0. The molecule has 196 valence electrons. The highest BCUT2D eigenvalue weighted by Gasteiger charge is 2.27. The number of rotatable bonds is 4. The zero-order valence-corrected chi connectivity index (χ0v) is 22.9. The summed E-state index contributed by atoms with van der Waals surface area (Å²) in [5, 5.41) is 4.67. The second-order valence-electron chi connectivity index (χ2n) is 10.6. The minimum atomic E-state index is -0.468. The van der Waals surface area contributed by atoms with E-state index < -0.39 is 5.60 Å². The molecule has 1 fully saturated rings. The Hall–Kier alpha value is -2.84. The van der Waals surface area contributed by atoms with E-state index in [1.54, 1.807) is 4.90 Å². The van der Waals surface area contributed by atoms with Gasteiger partial charge in [0.2, 0.25) is 5.62 Å². The molecule has 5 rings (SSSR count). The van der Waals surface area contributed by atoms with Crippen LogP contribution in [0.25, 0.3) is 22.5 Å². The smallest absolute Gasteiger partial charge is 0.410 e. The van der Waals surface area contributed by atoms with Gasteiger partial charge in [0.25, 0.3) is 0 Å². The molecule has 1 aromatic carbocycles. The highest BCUT2D eigenvalue weighted by atomic mass is 35.5. The number of likely N-dealkylation sites (tertiary alicyclic amines) is 1. The lowest BCUT2D eigenvalue weighted by Gasteiger charge is -2.33. The molecule has 0 atom stereocenters. The minimum absolute atomic E-state index is 0.223. The molecule has 1 N–H and O–H groups in total. The average Bonchev–Trinajstić information content (AvgIpc) is 3.34. The SMILES string of the molecule is CC(C)(C)OC(=O)N1CCC(CCN=c2ncc3cc(-c4c(Cl)cccc4Cl)c4n(c-3n2)CCN4)CC1. The van der Waals surface area contributed by atoms with Crippen molar-refractivity contribution in [2.24, 2.45) is 10.9 Å². The normalized spacial score (nSPS) is 16.7. The number of ether oxygens (including phenoxy) is 1. The summed E-state index contributed by atoms with van der Waals surface area (Å²) in [4.78, 5) is 28.1. The first-order valence-electron chi connectivity index (χ1n) is 12.8. The Balaban J connectivity index is 1.29. The van der Waals surface area contributed by atoms with Crippen molar-refractivity contribution in [3.05, 3.63) is 46.1 Å². The Morgan fingerprint density at radius 1 is 1.19 bits per heavy atom. The average molecular weight is 543 g/mol. The van der Waals surface area contributed by atoms with Gasteiger partial charge in [0.1, 0.15) is 17.2 Å². The first-order chi connectivity index (χ1) is 17.7. The number of piperidine rings is 1. The summed E-state index contributed by atoms with van der Waals surface area (Å²) in [6.07, 6.45) is 4.45. The van der Waals surface area contributed by atoms with Crippen molar-refractivity contribution in [2.75, 3.05) is 31.5 Å². The Bertz CT molecular complexity index is 1320. The summed E-state index contributed by atoms with van der Waals surface area (Å²) in [5.41, 5.74) is 2.67. The van der Waals surface area contributed by atoms with E-state index in [0.717, 1.165) is 73.8 Å². The van der Waals surface area contributed by atoms with Crippen molar-refractivity contribution in [3.8, 4) is 22.5 Å². The van der Waals surface area contributed by atoms with Gasteiger partial charge in [-0.2, -0.15) is 4.98 Å². The summed E-state index contributed by atoms with van der Waals surface area (Å²) in [6, 6.07) is 7.57. The van der Waals surface area contributed by atoms with Crippen molar-refractivity contribution in [3.63, 3.8) is 0 Å². The lowest BCUT2D eigenvalue weighted by atomic mass is 9.94. The van der Waals surface area contributed by atoms with Crippen LogP contribution < -0.4 is 10.9 Å². The number of amides is 1. The maximum absolute atomic E-state index is 12.3. The van der Waals surface area contributed by atoms with Crippen LogP contribution >= 0.6 is 23.2 Å². The summed E-state index contributed by atoms with van der Waals surface area (Å²) in [6.45, 7) is 9.36. The maximum Gasteiger partial charge on any atom is 0.410 e. The van der Waals surface area contributed by atoms with Gasteiger partial charge in [-0.25, -0.2) is 14.8 Å². The molecule has 0 saturated carbocycles. The van der Waals surface area contributed by atoms with Crippen LogP contribution in [0.15, 0.2) is 35.5 Å². The van der Waals surface area contributed by atoms with Gasteiger partial charge in [0, 0.05) is 55.6 Å². The van der Waals surface area contributed by atoms with Gasteiger partial charge >= 0.3 is 6.09 Å². The van der Waals surface area contributed by atoms with E-state index in [1.807, 2.05) is 51.2 Å². The molecule has 1 amide bonds. The van der Waals surface area contributed by atoms with E-state index in [9.17, 15) is 4.79 Å². The van der Waals surface area contributed by atoms with E-state index in [4.69, 9.17) is 32.9 Å². The zero-order valence-electron chi connectivity index (χ0n) is 21.4. The number of carbonyl (C=O) groups is 1. The van der Waals surface area contributed by atoms with Gasteiger partial charge in [0.05, 0.1) is 10.0 Å². The van der Waals surface area contributed by atoms with Crippen LogP contribution in [-0.4, -0.2) is 57.3 Å². The topological polar surface area (TPSA) is 84.6 Å². The summed E-state index contributed by atoms with van der Waals surface area (Å²) in [5.74, 6) is 2.31. The number of nitrogens with one attached hydrogen (secondary N) is 1. The first kappa shape index (κ1) is 25.8. The minimum Gasteiger partial charge on any atom is -0.444 e. The van der Waals surface area contributed by atoms with E-state index in [1.165, 1.54) is 0 Å². The molecule has 8 nitrogen and oxygen atoms in total. The number of aromatic nitrogens is 3. The first-order valence-corrected chi connectivity index (χ1v) is 13.5. The fourth-order valence-electron chi connectivity index (χ4n) is 4.96. The molecule has 4 heterocycles. The molecule has 10 heteroatoms. The number of fused-ring (bicyclic) bond motifs is 3.